The summed E-state index contributed by atoms with van der Waals surface area (Å²) in [7, 11) is 0. The molecule has 0 fully saturated rings. The average molecular weight is 455 g/mol. The van der Waals surface area contributed by atoms with Gasteiger partial charge in [0.1, 0.15) is 16.8 Å². The average Bonchev–Trinajstić information content (AvgIpc) is 3.24. The predicted molar refractivity (Wildman–Crippen MR) is 124 cm³/mol. The van der Waals surface area contributed by atoms with Crippen LogP contribution in [-0.2, 0) is 13.1 Å². The number of unbranched alkanes of at least 4 members (excludes halogenated alkanes) is 1. The van der Waals surface area contributed by atoms with E-state index in [0.717, 1.165) is 18.4 Å². The third-order valence-corrected chi connectivity index (χ3v) is 5.78. The van der Waals surface area contributed by atoms with Crippen LogP contribution in [0.2, 0.25) is 0 Å². The minimum atomic E-state index is -1.17. The Labute approximate surface area is 190 Å². The van der Waals surface area contributed by atoms with Crippen LogP contribution in [0.15, 0.2) is 28.4 Å². The maximum atomic E-state index is 13.4. The Hall–Kier alpha value is -3.38. The molecule has 0 aliphatic rings. The van der Waals surface area contributed by atoms with Gasteiger partial charge in [-0.1, -0.05) is 33.3 Å². The topological polar surface area (TPSA) is 117 Å². The Morgan fingerprint density at radius 1 is 1.38 bits per heavy atom. The van der Waals surface area contributed by atoms with E-state index in [4.69, 9.17) is 10.00 Å². The minimum absolute atomic E-state index is 0.0469. The molecule has 9 heteroatoms. The molecule has 0 saturated heterocycles. The lowest BCUT2D eigenvalue weighted by Gasteiger charge is -2.21. The maximum Gasteiger partial charge on any atom is 0.404 e. The van der Waals surface area contributed by atoms with E-state index in [1.165, 1.54) is 11.3 Å². The first kappa shape index (κ1) is 23.3. The summed E-state index contributed by atoms with van der Waals surface area (Å²) >= 11 is 1.35. The molecular formula is C23H26N4O4S. The summed E-state index contributed by atoms with van der Waals surface area (Å²) in [5.41, 5.74) is 1.41. The molecule has 0 aliphatic carbocycles. The molecule has 0 saturated carbocycles. The largest absolute Gasteiger partial charge is 0.491 e. The lowest BCUT2D eigenvalue weighted by Crippen LogP contribution is -2.31. The van der Waals surface area contributed by atoms with Gasteiger partial charge >= 0.3 is 6.09 Å². The van der Waals surface area contributed by atoms with Gasteiger partial charge in [-0.15, -0.1) is 11.3 Å². The zero-order chi connectivity index (χ0) is 23.3. The molecule has 2 N–H and O–H groups in total. The first-order chi connectivity index (χ1) is 15.3. The van der Waals surface area contributed by atoms with Gasteiger partial charge in [-0.05, 0) is 24.5 Å². The summed E-state index contributed by atoms with van der Waals surface area (Å²) in [5.74, 6) is 0.678. The zero-order valence-electron chi connectivity index (χ0n) is 18.3. The Balaban J connectivity index is 2.27. The summed E-state index contributed by atoms with van der Waals surface area (Å²) in [6.07, 6.45) is 0.593. The van der Waals surface area contributed by atoms with Crippen molar-refractivity contribution in [3.8, 4) is 22.4 Å². The highest BCUT2D eigenvalue weighted by Gasteiger charge is 2.20. The number of fused-ring (bicyclic) bond motifs is 1. The van der Waals surface area contributed by atoms with Gasteiger partial charge in [-0.3, -0.25) is 4.79 Å². The lowest BCUT2D eigenvalue weighted by atomic mass is 10.0. The van der Waals surface area contributed by atoms with Crippen LogP contribution in [-0.4, -0.2) is 27.4 Å². The molecular weight excluding hydrogens is 428 g/mol. The van der Waals surface area contributed by atoms with Crippen molar-refractivity contribution < 1.29 is 14.6 Å². The van der Waals surface area contributed by atoms with Crippen molar-refractivity contribution in [2.24, 2.45) is 5.92 Å². The molecule has 0 atom stereocenters. The molecule has 1 aromatic carbocycles. The summed E-state index contributed by atoms with van der Waals surface area (Å²) in [5, 5.41) is 24.1. The van der Waals surface area contributed by atoms with Crippen LogP contribution >= 0.6 is 11.3 Å². The Kier molecular flexibility index (Phi) is 7.49. The number of hydrogen-bond acceptors (Lipinski definition) is 6. The maximum absolute atomic E-state index is 13.4. The first-order valence-electron chi connectivity index (χ1n) is 10.5. The van der Waals surface area contributed by atoms with Gasteiger partial charge in [-0.25, -0.2) is 9.78 Å². The van der Waals surface area contributed by atoms with E-state index >= 15 is 0 Å². The van der Waals surface area contributed by atoms with Gasteiger partial charge in [0.25, 0.3) is 5.56 Å². The molecule has 0 aliphatic heterocycles. The number of nitrogens with zero attached hydrogens (tertiary/aromatic N) is 3. The molecule has 1 amide bonds. The van der Waals surface area contributed by atoms with E-state index in [1.807, 2.05) is 32.0 Å². The first-order valence-corrected chi connectivity index (χ1v) is 11.4. The number of carbonyl (C=O) groups is 1. The number of ether oxygens (including phenoxy) is 1. The Bertz CT molecular complexity index is 1220. The van der Waals surface area contributed by atoms with Crippen molar-refractivity contribution in [2.45, 2.75) is 46.7 Å². The van der Waals surface area contributed by atoms with Gasteiger partial charge < -0.3 is 19.7 Å². The van der Waals surface area contributed by atoms with Crippen LogP contribution in [0.3, 0.4) is 0 Å². The molecule has 0 radical (unpaired) electrons. The Morgan fingerprint density at radius 3 is 2.78 bits per heavy atom. The number of nitrogens with one attached hydrogen (secondary N) is 1. The third kappa shape index (κ3) is 5.08. The molecule has 0 bridgehead atoms. The summed E-state index contributed by atoms with van der Waals surface area (Å²) in [6.45, 7) is 6.90. The van der Waals surface area contributed by atoms with Crippen molar-refractivity contribution in [2.75, 3.05) is 6.61 Å². The van der Waals surface area contributed by atoms with E-state index in [1.54, 1.807) is 16.0 Å². The van der Waals surface area contributed by atoms with E-state index in [0.29, 0.717) is 46.1 Å². The molecule has 8 nitrogen and oxygen atoms in total. The number of benzene rings is 1. The highest BCUT2D eigenvalue weighted by atomic mass is 32.1. The van der Waals surface area contributed by atoms with Crippen LogP contribution in [0.5, 0.6) is 5.75 Å². The van der Waals surface area contributed by atoms with Crippen molar-refractivity contribution >= 4 is 28.2 Å². The van der Waals surface area contributed by atoms with Crippen LogP contribution in [0.25, 0.3) is 21.3 Å². The number of rotatable bonds is 9. The Morgan fingerprint density at radius 2 is 2.16 bits per heavy atom. The smallest absolute Gasteiger partial charge is 0.404 e. The number of amides is 1. The second-order valence-electron chi connectivity index (χ2n) is 7.86. The normalized spacial score (nSPS) is 11.0. The van der Waals surface area contributed by atoms with Crippen molar-refractivity contribution in [3.05, 3.63) is 45.3 Å². The molecule has 0 spiro atoms. The van der Waals surface area contributed by atoms with Crippen LogP contribution in [0.4, 0.5) is 4.79 Å². The summed E-state index contributed by atoms with van der Waals surface area (Å²) in [6, 6.07) is 7.43. The molecule has 2 aromatic heterocycles. The number of pyridine rings is 1. The van der Waals surface area contributed by atoms with Crippen molar-refractivity contribution in [3.63, 3.8) is 0 Å². The highest BCUT2D eigenvalue weighted by Crippen LogP contribution is 2.33. The zero-order valence-corrected chi connectivity index (χ0v) is 19.2. The molecule has 3 aromatic rings. The van der Waals surface area contributed by atoms with E-state index in [-0.39, 0.29) is 18.0 Å². The summed E-state index contributed by atoms with van der Waals surface area (Å²) in [4.78, 5) is 28.9. The lowest BCUT2D eigenvalue weighted by molar-refractivity contribution is 0.193. The second kappa shape index (κ2) is 10.3. The molecule has 2 heterocycles. The molecule has 168 valence electrons. The van der Waals surface area contributed by atoms with E-state index < -0.39 is 6.09 Å². The van der Waals surface area contributed by atoms with E-state index in [9.17, 15) is 14.7 Å². The fourth-order valence-electron chi connectivity index (χ4n) is 3.43. The number of thiazole rings is 1. The van der Waals surface area contributed by atoms with Gasteiger partial charge in [0.15, 0.2) is 5.69 Å². The number of hydrogen-bond donors (Lipinski definition) is 2. The predicted octanol–water partition coefficient (Wildman–Crippen LogP) is 4.60. The van der Waals surface area contributed by atoms with Crippen molar-refractivity contribution in [1.82, 2.24) is 14.9 Å². The fourth-order valence-corrected chi connectivity index (χ4v) is 4.17. The standard InChI is InChI=1S/C23H26N4O4S/c1-4-5-8-31-20-18-9-15(21-26-16(10-24)13-32-21)6-7-17(18)22(28)27(12-14(2)3)19(20)11-25-23(29)30/h6-7,9,13-14,25H,4-5,8,11-12H2,1-3H3,(H,29,30). The number of carboxylic acid groups (broad SMARTS) is 1. The monoisotopic (exact) mass is 454 g/mol. The van der Waals surface area contributed by atoms with E-state index in [2.05, 4.69) is 17.2 Å². The number of aromatic nitrogens is 2. The van der Waals surface area contributed by atoms with Gasteiger partial charge in [0, 0.05) is 22.9 Å². The van der Waals surface area contributed by atoms with Crippen LogP contribution < -0.4 is 15.6 Å². The molecule has 3 rings (SSSR count). The van der Waals surface area contributed by atoms with Crippen molar-refractivity contribution in [1.29, 1.82) is 5.26 Å². The quantitative estimate of drug-likeness (QED) is 0.456. The van der Waals surface area contributed by atoms with Crippen LogP contribution in [0.1, 0.15) is 45.0 Å². The SMILES string of the molecule is CCCCOc1c(CNC(=O)O)n(CC(C)C)c(=O)c2ccc(-c3nc(C#N)cs3)cc12. The number of nitriles is 1. The second-order valence-corrected chi connectivity index (χ2v) is 8.71. The fraction of sp³-hybridized carbons (Fsp3) is 0.391. The van der Waals surface area contributed by atoms with Gasteiger partial charge in [0.05, 0.1) is 24.2 Å². The summed E-state index contributed by atoms with van der Waals surface area (Å²) < 4.78 is 7.77. The molecule has 0 unspecified atom stereocenters. The van der Waals surface area contributed by atoms with Gasteiger partial charge in [0.2, 0.25) is 0 Å². The third-order valence-electron chi connectivity index (χ3n) is 4.89. The van der Waals surface area contributed by atoms with Crippen LogP contribution in [0, 0.1) is 17.2 Å². The van der Waals surface area contributed by atoms with Gasteiger partial charge in [-0.2, -0.15) is 5.26 Å². The minimum Gasteiger partial charge on any atom is -0.491 e. The molecule has 32 heavy (non-hydrogen) atoms. The highest BCUT2D eigenvalue weighted by molar-refractivity contribution is 7.13.